The number of rotatable bonds is 2. The minimum atomic E-state index is -0.203. The Morgan fingerprint density at radius 2 is 2.17 bits per heavy atom. The van der Waals surface area contributed by atoms with Crippen LogP contribution in [-0.4, -0.2) is 0 Å². The van der Waals surface area contributed by atoms with Crippen LogP contribution in [-0.2, 0) is 0 Å². The summed E-state index contributed by atoms with van der Waals surface area (Å²) < 4.78 is 12.8. The minimum absolute atomic E-state index is 0.203. The fraction of sp³-hybridized carbons (Fsp3) is 0.273. The number of benzene rings is 1. The third kappa shape index (κ3) is 1.27. The van der Waals surface area contributed by atoms with Crippen LogP contribution in [0.3, 0.4) is 0 Å². The SMILES string of the molecule is C=[C]c1cc(F)ccc1C1CC1. The van der Waals surface area contributed by atoms with Crippen LogP contribution in [0.5, 0.6) is 0 Å². The highest BCUT2D eigenvalue weighted by Gasteiger charge is 2.25. The molecule has 1 fully saturated rings. The lowest BCUT2D eigenvalue weighted by Crippen LogP contribution is -1.87. The molecule has 0 N–H and O–H groups in total. The van der Waals surface area contributed by atoms with E-state index in [1.807, 2.05) is 6.07 Å². The normalized spacial score (nSPS) is 16.1. The van der Waals surface area contributed by atoms with E-state index in [-0.39, 0.29) is 5.82 Å². The van der Waals surface area contributed by atoms with E-state index in [1.165, 1.54) is 30.5 Å². The quantitative estimate of drug-likeness (QED) is 0.625. The molecule has 1 aliphatic rings. The number of hydrogen-bond donors (Lipinski definition) is 0. The van der Waals surface area contributed by atoms with Gasteiger partial charge < -0.3 is 0 Å². The van der Waals surface area contributed by atoms with Crippen molar-refractivity contribution >= 4 is 0 Å². The standard InChI is InChI=1S/C11H10F/c1-2-8-7-10(12)5-6-11(8)9-3-4-9/h5-7,9H,1,3-4H2. The van der Waals surface area contributed by atoms with Crippen molar-refractivity contribution in [3.05, 3.63) is 47.8 Å². The Balaban J connectivity index is 2.44. The van der Waals surface area contributed by atoms with Gasteiger partial charge in [-0.05, 0) is 48.1 Å². The van der Waals surface area contributed by atoms with Crippen LogP contribution in [0, 0.1) is 11.9 Å². The van der Waals surface area contributed by atoms with Gasteiger partial charge in [0.05, 0.1) is 0 Å². The molecule has 0 nitrogen and oxygen atoms in total. The molecule has 0 saturated heterocycles. The van der Waals surface area contributed by atoms with Crippen molar-refractivity contribution in [2.24, 2.45) is 0 Å². The Morgan fingerprint density at radius 3 is 2.75 bits per heavy atom. The zero-order valence-electron chi connectivity index (χ0n) is 6.81. The van der Waals surface area contributed by atoms with E-state index in [0.29, 0.717) is 5.92 Å². The van der Waals surface area contributed by atoms with Gasteiger partial charge in [0.2, 0.25) is 0 Å². The lowest BCUT2D eigenvalue weighted by molar-refractivity contribution is 0.626. The van der Waals surface area contributed by atoms with E-state index in [0.717, 1.165) is 5.56 Å². The van der Waals surface area contributed by atoms with E-state index in [1.54, 1.807) is 0 Å². The van der Waals surface area contributed by atoms with Crippen molar-refractivity contribution in [3.63, 3.8) is 0 Å². The van der Waals surface area contributed by atoms with E-state index < -0.39 is 0 Å². The molecule has 0 aromatic heterocycles. The summed E-state index contributed by atoms with van der Waals surface area (Å²) >= 11 is 0. The molecule has 61 valence electrons. The molecule has 1 aromatic rings. The first-order valence-corrected chi connectivity index (χ1v) is 4.14. The maximum absolute atomic E-state index is 12.8. The van der Waals surface area contributed by atoms with Gasteiger partial charge in [0.1, 0.15) is 5.82 Å². The summed E-state index contributed by atoms with van der Waals surface area (Å²) in [6.45, 7) is 3.55. The van der Waals surface area contributed by atoms with Crippen molar-refractivity contribution in [2.45, 2.75) is 18.8 Å². The van der Waals surface area contributed by atoms with Crippen LogP contribution in [0.25, 0.3) is 0 Å². The molecule has 0 aliphatic heterocycles. The summed E-state index contributed by atoms with van der Waals surface area (Å²) in [5.41, 5.74) is 2.03. The zero-order chi connectivity index (χ0) is 8.55. The summed E-state index contributed by atoms with van der Waals surface area (Å²) in [6.07, 6.45) is 5.21. The van der Waals surface area contributed by atoms with Crippen LogP contribution < -0.4 is 0 Å². The Hall–Kier alpha value is -1.11. The van der Waals surface area contributed by atoms with E-state index in [9.17, 15) is 4.39 Å². The zero-order valence-corrected chi connectivity index (χ0v) is 6.81. The topological polar surface area (TPSA) is 0 Å². The van der Waals surface area contributed by atoms with Crippen molar-refractivity contribution in [3.8, 4) is 0 Å². The van der Waals surface area contributed by atoms with Gasteiger partial charge in [-0.3, -0.25) is 0 Å². The Morgan fingerprint density at radius 1 is 1.42 bits per heavy atom. The molecule has 0 heterocycles. The molecule has 0 bridgehead atoms. The fourth-order valence-electron chi connectivity index (χ4n) is 1.43. The molecule has 0 amide bonds. The summed E-state index contributed by atoms with van der Waals surface area (Å²) in [7, 11) is 0. The molecular weight excluding hydrogens is 151 g/mol. The molecule has 0 spiro atoms. The molecule has 0 unspecified atom stereocenters. The first kappa shape index (κ1) is 7.53. The molecule has 1 aliphatic carbocycles. The summed E-state index contributed by atoms with van der Waals surface area (Å²) in [5.74, 6) is 0.431. The van der Waals surface area contributed by atoms with Crippen LogP contribution >= 0.6 is 0 Å². The molecular formula is C11H10F. The Kier molecular flexibility index (Phi) is 1.72. The van der Waals surface area contributed by atoms with Gasteiger partial charge in [-0.2, -0.15) is 0 Å². The van der Waals surface area contributed by atoms with Crippen molar-refractivity contribution in [1.29, 1.82) is 0 Å². The molecule has 2 rings (SSSR count). The monoisotopic (exact) mass is 161 g/mol. The average molecular weight is 161 g/mol. The van der Waals surface area contributed by atoms with Gasteiger partial charge in [0, 0.05) is 0 Å². The Bertz CT molecular complexity index is 311. The van der Waals surface area contributed by atoms with Gasteiger partial charge in [-0.1, -0.05) is 12.6 Å². The smallest absolute Gasteiger partial charge is 0.123 e. The van der Waals surface area contributed by atoms with E-state index in [4.69, 9.17) is 0 Å². The minimum Gasteiger partial charge on any atom is -0.207 e. The maximum Gasteiger partial charge on any atom is 0.123 e. The molecule has 1 aromatic carbocycles. The summed E-state index contributed by atoms with van der Waals surface area (Å²) in [4.78, 5) is 0. The molecule has 1 heteroatoms. The second-order valence-electron chi connectivity index (χ2n) is 3.18. The van der Waals surface area contributed by atoms with Crippen LogP contribution in [0.1, 0.15) is 29.9 Å². The molecule has 12 heavy (non-hydrogen) atoms. The van der Waals surface area contributed by atoms with Crippen molar-refractivity contribution < 1.29 is 4.39 Å². The van der Waals surface area contributed by atoms with Gasteiger partial charge in [-0.15, -0.1) is 0 Å². The predicted octanol–water partition coefficient (Wildman–Crippen LogP) is 3.04. The average Bonchev–Trinajstić information content (AvgIpc) is 2.87. The van der Waals surface area contributed by atoms with Crippen molar-refractivity contribution in [2.75, 3.05) is 0 Å². The van der Waals surface area contributed by atoms with Gasteiger partial charge >= 0.3 is 0 Å². The predicted molar refractivity (Wildman–Crippen MR) is 46.3 cm³/mol. The highest BCUT2D eigenvalue weighted by atomic mass is 19.1. The molecule has 1 radical (unpaired) electrons. The van der Waals surface area contributed by atoms with E-state index in [2.05, 4.69) is 12.7 Å². The van der Waals surface area contributed by atoms with Crippen molar-refractivity contribution in [1.82, 2.24) is 0 Å². The second-order valence-corrected chi connectivity index (χ2v) is 3.18. The third-order valence-corrected chi connectivity index (χ3v) is 2.22. The Labute approximate surface area is 71.7 Å². The van der Waals surface area contributed by atoms with Crippen LogP contribution in [0.15, 0.2) is 24.8 Å². The largest absolute Gasteiger partial charge is 0.207 e. The van der Waals surface area contributed by atoms with Gasteiger partial charge in [-0.25, -0.2) is 4.39 Å². The number of halogens is 1. The van der Waals surface area contributed by atoms with Gasteiger partial charge in [0.15, 0.2) is 0 Å². The van der Waals surface area contributed by atoms with Crippen LogP contribution in [0.4, 0.5) is 4.39 Å². The fourth-order valence-corrected chi connectivity index (χ4v) is 1.43. The maximum atomic E-state index is 12.8. The first-order valence-electron chi connectivity index (χ1n) is 4.14. The third-order valence-electron chi connectivity index (χ3n) is 2.22. The summed E-state index contributed by atoms with van der Waals surface area (Å²) in [5, 5.41) is 0. The first-order chi connectivity index (χ1) is 5.81. The second kappa shape index (κ2) is 2.74. The highest BCUT2D eigenvalue weighted by molar-refractivity contribution is 5.37. The van der Waals surface area contributed by atoms with E-state index >= 15 is 0 Å². The lowest BCUT2D eigenvalue weighted by atomic mass is 10.0. The highest BCUT2D eigenvalue weighted by Crippen LogP contribution is 2.41. The molecule has 0 atom stereocenters. The van der Waals surface area contributed by atoms with Crippen LogP contribution in [0.2, 0.25) is 0 Å². The molecule has 1 saturated carbocycles. The van der Waals surface area contributed by atoms with Gasteiger partial charge in [0.25, 0.3) is 0 Å². The lowest BCUT2D eigenvalue weighted by Gasteiger charge is -2.02. The summed E-state index contributed by atoms with van der Waals surface area (Å²) in [6, 6.07) is 4.86. The number of hydrogen-bond acceptors (Lipinski definition) is 0.